The van der Waals surface area contributed by atoms with E-state index in [-0.39, 0.29) is 0 Å². The molecule has 0 bridgehead atoms. The zero-order chi connectivity index (χ0) is 14.4. The molecule has 0 radical (unpaired) electrons. The summed E-state index contributed by atoms with van der Waals surface area (Å²) in [6, 6.07) is 8.47. The first kappa shape index (κ1) is 15.2. The van der Waals surface area contributed by atoms with Crippen molar-refractivity contribution < 1.29 is 4.79 Å². The van der Waals surface area contributed by atoms with Crippen molar-refractivity contribution >= 4 is 5.78 Å². The lowest BCUT2D eigenvalue weighted by Crippen LogP contribution is -2.34. The minimum absolute atomic E-state index is 0.382. The second-order valence-corrected chi connectivity index (χ2v) is 6.17. The number of carbonyl (C=O) groups excluding carboxylic acids is 1. The van der Waals surface area contributed by atoms with Gasteiger partial charge in [-0.25, -0.2) is 0 Å². The molecule has 0 spiro atoms. The Labute approximate surface area is 123 Å². The summed E-state index contributed by atoms with van der Waals surface area (Å²) in [5.41, 5.74) is 2.49. The second-order valence-electron chi connectivity index (χ2n) is 6.17. The summed E-state index contributed by atoms with van der Waals surface area (Å²) in [4.78, 5) is 12.2. The molecule has 20 heavy (non-hydrogen) atoms. The molecule has 2 unspecified atom stereocenters. The SMILES string of the molecule is CCc1ccc(CC(=O)CC(C)C2CCCNC2)cc1. The molecule has 1 aliphatic rings. The Morgan fingerprint density at radius 3 is 2.60 bits per heavy atom. The molecular formula is C18H27NO. The van der Waals surface area contributed by atoms with Crippen LogP contribution < -0.4 is 5.32 Å². The van der Waals surface area contributed by atoms with Crippen molar-refractivity contribution in [3.05, 3.63) is 35.4 Å². The first-order valence-corrected chi connectivity index (χ1v) is 7.99. The van der Waals surface area contributed by atoms with Crippen molar-refractivity contribution in [1.29, 1.82) is 0 Å². The van der Waals surface area contributed by atoms with Gasteiger partial charge in [0, 0.05) is 12.8 Å². The van der Waals surface area contributed by atoms with Gasteiger partial charge in [0.1, 0.15) is 5.78 Å². The van der Waals surface area contributed by atoms with Gasteiger partial charge in [-0.3, -0.25) is 4.79 Å². The van der Waals surface area contributed by atoms with Gasteiger partial charge in [-0.15, -0.1) is 0 Å². The van der Waals surface area contributed by atoms with E-state index in [1.54, 1.807) is 0 Å². The fraction of sp³-hybridized carbons (Fsp3) is 0.611. The largest absolute Gasteiger partial charge is 0.316 e. The predicted molar refractivity (Wildman–Crippen MR) is 83.9 cm³/mol. The molecule has 0 aromatic heterocycles. The number of nitrogens with one attached hydrogen (secondary N) is 1. The molecule has 1 fully saturated rings. The number of ketones is 1. The molecule has 2 rings (SSSR count). The van der Waals surface area contributed by atoms with E-state index in [1.165, 1.54) is 18.4 Å². The van der Waals surface area contributed by atoms with Crippen LogP contribution in [0.25, 0.3) is 0 Å². The molecular weight excluding hydrogens is 246 g/mol. The number of rotatable bonds is 6. The summed E-state index contributed by atoms with van der Waals surface area (Å²) in [6.45, 7) is 6.61. The molecule has 1 aliphatic heterocycles. The average molecular weight is 273 g/mol. The van der Waals surface area contributed by atoms with E-state index < -0.39 is 0 Å². The van der Waals surface area contributed by atoms with Gasteiger partial charge in [0.05, 0.1) is 0 Å². The molecule has 1 aromatic rings. The highest BCUT2D eigenvalue weighted by atomic mass is 16.1. The zero-order valence-electron chi connectivity index (χ0n) is 12.8. The third-order valence-electron chi connectivity index (χ3n) is 4.52. The Balaban J connectivity index is 1.81. The third-order valence-corrected chi connectivity index (χ3v) is 4.52. The number of piperidine rings is 1. The molecule has 110 valence electrons. The highest BCUT2D eigenvalue weighted by Crippen LogP contribution is 2.23. The van der Waals surface area contributed by atoms with Crippen LogP contribution in [-0.4, -0.2) is 18.9 Å². The smallest absolute Gasteiger partial charge is 0.137 e. The standard InChI is InChI=1S/C18H27NO/c1-3-15-6-8-16(9-7-15)12-18(20)11-14(2)17-5-4-10-19-13-17/h6-9,14,17,19H,3-5,10-13H2,1-2H3. The molecule has 1 heterocycles. The van der Waals surface area contributed by atoms with Crippen molar-refractivity contribution in [3.63, 3.8) is 0 Å². The lowest BCUT2D eigenvalue weighted by atomic mass is 9.83. The summed E-state index contributed by atoms with van der Waals surface area (Å²) in [5, 5.41) is 3.44. The van der Waals surface area contributed by atoms with Gasteiger partial charge in [0.15, 0.2) is 0 Å². The van der Waals surface area contributed by atoms with Gasteiger partial charge in [-0.2, -0.15) is 0 Å². The second kappa shape index (κ2) is 7.58. The van der Waals surface area contributed by atoms with Gasteiger partial charge < -0.3 is 5.32 Å². The number of hydrogen-bond acceptors (Lipinski definition) is 2. The summed E-state index contributed by atoms with van der Waals surface area (Å²) >= 11 is 0. The van der Waals surface area contributed by atoms with E-state index in [1.807, 2.05) is 0 Å². The Morgan fingerprint density at radius 2 is 2.00 bits per heavy atom. The quantitative estimate of drug-likeness (QED) is 0.861. The highest BCUT2D eigenvalue weighted by Gasteiger charge is 2.21. The van der Waals surface area contributed by atoms with Crippen LogP contribution in [-0.2, 0) is 17.6 Å². The third kappa shape index (κ3) is 4.45. The summed E-state index contributed by atoms with van der Waals surface area (Å²) in [6.07, 6.45) is 4.89. The lowest BCUT2D eigenvalue weighted by molar-refractivity contribution is -0.119. The Morgan fingerprint density at radius 1 is 1.30 bits per heavy atom. The van der Waals surface area contributed by atoms with Crippen molar-refractivity contribution in [1.82, 2.24) is 5.32 Å². The van der Waals surface area contributed by atoms with E-state index >= 15 is 0 Å². The van der Waals surface area contributed by atoms with Crippen molar-refractivity contribution in [3.8, 4) is 0 Å². The maximum Gasteiger partial charge on any atom is 0.137 e. The van der Waals surface area contributed by atoms with E-state index in [9.17, 15) is 4.79 Å². The molecule has 2 heteroatoms. The van der Waals surface area contributed by atoms with Gasteiger partial charge >= 0.3 is 0 Å². The van der Waals surface area contributed by atoms with Crippen molar-refractivity contribution in [2.24, 2.45) is 11.8 Å². The van der Waals surface area contributed by atoms with E-state index in [4.69, 9.17) is 0 Å². The van der Waals surface area contributed by atoms with E-state index in [0.29, 0.717) is 24.0 Å². The maximum absolute atomic E-state index is 12.2. The fourth-order valence-electron chi connectivity index (χ4n) is 3.08. The van der Waals surface area contributed by atoms with Gasteiger partial charge in [-0.1, -0.05) is 38.1 Å². The minimum atomic E-state index is 0.382. The Hall–Kier alpha value is -1.15. The number of Topliss-reactive ketones (excluding diaryl/α,β-unsaturated/α-hetero) is 1. The van der Waals surface area contributed by atoms with Crippen LogP contribution in [0.2, 0.25) is 0 Å². The Kier molecular flexibility index (Phi) is 5.78. The monoisotopic (exact) mass is 273 g/mol. The Bertz CT molecular complexity index is 418. The number of benzene rings is 1. The number of carbonyl (C=O) groups is 1. The topological polar surface area (TPSA) is 29.1 Å². The number of hydrogen-bond donors (Lipinski definition) is 1. The molecule has 0 aliphatic carbocycles. The minimum Gasteiger partial charge on any atom is -0.316 e. The molecule has 0 saturated carbocycles. The molecule has 0 amide bonds. The molecule has 1 saturated heterocycles. The van der Waals surface area contributed by atoms with Crippen LogP contribution in [0, 0.1) is 11.8 Å². The average Bonchev–Trinajstić information content (AvgIpc) is 2.49. The van der Waals surface area contributed by atoms with Crippen LogP contribution in [0.5, 0.6) is 0 Å². The van der Waals surface area contributed by atoms with Crippen LogP contribution in [0.15, 0.2) is 24.3 Å². The molecule has 2 atom stereocenters. The maximum atomic E-state index is 12.2. The fourth-order valence-corrected chi connectivity index (χ4v) is 3.08. The number of aryl methyl sites for hydroxylation is 1. The zero-order valence-corrected chi connectivity index (χ0v) is 12.8. The van der Waals surface area contributed by atoms with Crippen LogP contribution in [0.3, 0.4) is 0 Å². The van der Waals surface area contributed by atoms with Crippen molar-refractivity contribution in [2.75, 3.05) is 13.1 Å². The first-order chi connectivity index (χ1) is 9.69. The highest BCUT2D eigenvalue weighted by molar-refractivity contribution is 5.81. The molecule has 1 aromatic carbocycles. The van der Waals surface area contributed by atoms with E-state index in [2.05, 4.69) is 43.4 Å². The summed E-state index contributed by atoms with van der Waals surface area (Å²) in [5.74, 6) is 1.56. The van der Waals surface area contributed by atoms with Gasteiger partial charge in [-0.05, 0) is 55.3 Å². The molecule has 1 N–H and O–H groups in total. The normalized spacial score (nSPS) is 20.6. The molecule has 2 nitrogen and oxygen atoms in total. The van der Waals surface area contributed by atoms with Gasteiger partial charge in [0.25, 0.3) is 0 Å². The lowest BCUT2D eigenvalue weighted by Gasteiger charge is -2.28. The predicted octanol–water partition coefficient (Wildman–Crippen LogP) is 3.39. The first-order valence-electron chi connectivity index (χ1n) is 7.99. The van der Waals surface area contributed by atoms with Gasteiger partial charge in [0.2, 0.25) is 0 Å². The van der Waals surface area contributed by atoms with Crippen LogP contribution in [0.4, 0.5) is 0 Å². The van der Waals surface area contributed by atoms with E-state index in [0.717, 1.165) is 31.5 Å². The van der Waals surface area contributed by atoms with Crippen LogP contribution >= 0.6 is 0 Å². The van der Waals surface area contributed by atoms with Crippen LogP contribution in [0.1, 0.15) is 44.2 Å². The summed E-state index contributed by atoms with van der Waals surface area (Å²) in [7, 11) is 0. The summed E-state index contributed by atoms with van der Waals surface area (Å²) < 4.78 is 0. The van der Waals surface area contributed by atoms with Crippen molar-refractivity contribution in [2.45, 2.75) is 46.0 Å².